The molecule has 0 fully saturated rings. The zero-order chi connectivity index (χ0) is 12.0. The molecule has 0 saturated heterocycles. The van der Waals surface area contributed by atoms with Gasteiger partial charge in [0, 0.05) is 13.0 Å². The van der Waals surface area contributed by atoms with Crippen LogP contribution in [0, 0.1) is 11.3 Å². The number of nitrogens with one attached hydrogen (secondary N) is 2. The second kappa shape index (κ2) is 5.58. The van der Waals surface area contributed by atoms with Crippen molar-refractivity contribution >= 4 is 10.0 Å². The minimum atomic E-state index is -3.55. The van der Waals surface area contributed by atoms with E-state index in [1.165, 1.54) is 6.33 Å². The van der Waals surface area contributed by atoms with Gasteiger partial charge in [-0.1, -0.05) is 6.92 Å². The molecule has 1 atom stereocenters. The summed E-state index contributed by atoms with van der Waals surface area (Å²) in [7, 11) is -3.55. The normalized spacial score (nSPS) is 13.2. The van der Waals surface area contributed by atoms with Crippen molar-refractivity contribution in [3.05, 3.63) is 12.2 Å². The van der Waals surface area contributed by atoms with E-state index >= 15 is 0 Å². The van der Waals surface area contributed by atoms with E-state index in [4.69, 9.17) is 5.26 Å². The molecule has 2 N–H and O–H groups in total. The Labute approximate surface area is 93.9 Å². The molecule has 0 aliphatic carbocycles. The van der Waals surface area contributed by atoms with E-state index in [1.807, 2.05) is 0 Å². The lowest BCUT2D eigenvalue weighted by atomic mass is 10.4. The molecule has 1 rings (SSSR count). The van der Waals surface area contributed by atoms with E-state index in [1.54, 1.807) is 13.0 Å². The van der Waals surface area contributed by atoms with Gasteiger partial charge < -0.3 is 0 Å². The lowest BCUT2D eigenvalue weighted by Crippen LogP contribution is -2.34. The third kappa shape index (κ3) is 3.29. The Morgan fingerprint density at radius 3 is 2.94 bits per heavy atom. The van der Waals surface area contributed by atoms with Gasteiger partial charge in [-0.15, -0.1) is 0 Å². The quantitative estimate of drug-likeness (QED) is 0.704. The number of H-pyrrole nitrogens is 1. The summed E-state index contributed by atoms with van der Waals surface area (Å²) in [6.45, 7) is 1.86. The molecule has 1 heterocycles. The minimum absolute atomic E-state index is 0.204. The number of aromatic amines is 1. The van der Waals surface area contributed by atoms with Crippen LogP contribution in [0.1, 0.15) is 19.2 Å². The van der Waals surface area contributed by atoms with Crippen molar-refractivity contribution in [1.29, 1.82) is 5.26 Å². The summed E-state index contributed by atoms with van der Waals surface area (Å²) in [5.74, 6) is 0.604. The van der Waals surface area contributed by atoms with Crippen molar-refractivity contribution in [3.63, 3.8) is 0 Å². The minimum Gasteiger partial charge on any atom is -0.263 e. The number of sulfonamides is 1. The van der Waals surface area contributed by atoms with Gasteiger partial charge in [0.15, 0.2) is 5.25 Å². The first-order valence-corrected chi connectivity index (χ1v) is 6.37. The van der Waals surface area contributed by atoms with Crippen LogP contribution in [0.15, 0.2) is 6.33 Å². The van der Waals surface area contributed by atoms with E-state index in [0.29, 0.717) is 12.2 Å². The molecule has 0 aliphatic heterocycles. The first-order valence-electron chi connectivity index (χ1n) is 4.82. The number of aromatic nitrogens is 3. The van der Waals surface area contributed by atoms with Crippen LogP contribution in [0.4, 0.5) is 0 Å². The number of hydrogen-bond donors (Lipinski definition) is 2. The van der Waals surface area contributed by atoms with E-state index < -0.39 is 15.3 Å². The Hall–Kier alpha value is -1.46. The molecule has 0 aliphatic rings. The van der Waals surface area contributed by atoms with Gasteiger partial charge in [-0.3, -0.25) is 5.10 Å². The van der Waals surface area contributed by atoms with Crippen molar-refractivity contribution < 1.29 is 8.42 Å². The molecular formula is C8H13N5O2S. The number of rotatable bonds is 6. The molecule has 16 heavy (non-hydrogen) atoms. The van der Waals surface area contributed by atoms with Crippen LogP contribution in [-0.2, 0) is 16.4 Å². The molecule has 7 nitrogen and oxygen atoms in total. The lowest BCUT2D eigenvalue weighted by molar-refractivity contribution is 0.572. The molecule has 1 unspecified atom stereocenters. The fraction of sp³-hybridized carbons (Fsp3) is 0.625. The highest BCUT2D eigenvalue weighted by molar-refractivity contribution is 7.90. The zero-order valence-electron chi connectivity index (χ0n) is 8.84. The molecular weight excluding hydrogens is 230 g/mol. The summed E-state index contributed by atoms with van der Waals surface area (Å²) >= 11 is 0. The Bertz CT molecular complexity index is 447. The summed E-state index contributed by atoms with van der Waals surface area (Å²) in [6, 6.07) is 1.75. The van der Waals surface area contributed by atoms with Crippen LogP contribution in [0.3, 0.4) is 0 Å². The zero-order valence-corrected chi connectivity index (χ0v) is 9.66. The summed E-state index contributed by atoms with van der Waals surface area (Å²) < 4.78 is 25.4. The van der Waals surface area contributed by atoms with Crippen molar-refractivity contribution in [1.82, 2.24) is 19.9 Å². The lowest BCUT2D eigenvalue weighted by Gasteiger charge is -2.08. The molecule has 1 aromatic heterocycles. The van der Waals surface area contributed by atoms with Gasteiger partial charge in [-0.05, 0) is 6.42 Å². The van der Waals surface area contributed by atoms with Crippen LogP contribution in [0.5, 0.6) is 0 Å². The molecule has 1 aromatic rings. The number of nitriles is 1. The first-order chi connectivity index (χ1) is 7.60. The molecule has 0 saturated carbocycles. The maximum Gasteiger partial charge on any atom is 0.227 e. The largest absolute Gasteiger partial charge is 0.263 e. The molecule has 0 radical (unpaired) electrons. The Kier molecular flexibility index (Phi) is 4.39. The third-order valence-electron chi connectivity index (χ3n) is 2.02. The molecule has 0 spiro atoms. The third-order valence-corrected chi connectivity index (χ3v) is 3.81. The van der Waals surface area contributed by atoms with Crippen LogP contribution in [0.25, 0.3) is 0 Å². The van der Waals surface area contributed by atoms with Crippen molar-refractivity contribution in [2.45, 2.75) is 25.0 Å². The molecule has 0 amide bonds. The maximum absolute atomic E-state index is 11.5. The van der Waals surface area contributed by atoms with E-state index in [0.717, 1.165) is 0 Å². The highest BCUT2D eigenvalue weighted by Crippen LogP contribution is 2.02. The van der Waals surface area contributed by atoms with E-state index in [2.05, 4.69) is 19.9 Å². The molecule has 88 valence electrons. The van der Waals surface area contributed by atoms with Gasteiger partial charge in [-0.25, -0.2) is 18.1 Å². The van der Waals surface area contributed by atoms with Crippen molar-refractivity contribution in [2.75, 3.05) is 6.54 Å². The Balaban J connectivity index is 2.46. The van der Waals surface area contributed by atoms with Crippen LogP contribution >= 0.6 is 0 Å². The Morgan fingerprint density at radius 2 is 2.44 bits per heavy atom. The van der Waals surface area contributed by atoms with E-state index in [9.17, 15) is 8.42 Å². The van der Waals surface area contributed by atoms with Crippen LogP contribution in [0.2, 0.25) is 0 Å². The summed E-state index contributed by atoms with van der Waals surface area (Å²) in [5.41, 5.74) is 0. The number of nitrogens with zero attached hydrogens (tertiary/aromatic N) is 3. The topological polar surface area (TPSA) is 112 Å². The summed E-state index contributed by atoms with van der Waals surface area (Å²) in [4.78, 5) is 3.85. The average molecular weight is 243 g/mol. The van der Waals surface area contributed by atoms with Crippen LogP contribution in [-0.4, -0.2) is 35.4 Å². The summed E-state index contributed by atoms with van der Waals surface area (Å²) in [5, 5.41) is 13.9. The van der Waals surface area contributed by atoms with Crippen molar-refractivity contribution in [2.24, 2.45) is 0 Å². The second-order valence-electron chi connectivity index (χ2n) is 3.15. The number of hydrogen-bond acceptors (Lipinski definition) is 5. The fourth-order valence-corrected chi connectivity index (χ4v) is 2.31. The highest BCUT2D eigenvalue weighted by Gasteiger charge is 2.22. The predicted octanol–water partition coefficient (Wildman–Crippen LogP) is -0.431. The monoisotopic (exact) mass is 243 g/mol. The first kappa shape index (κ1) is 12.6. The molecule has 0 bridgehead atoms. The molecule has 0 aromatic carbocycles. The van der Waals surface area contributed by atoms with Crippen molar-refractivity contribution in [3.8, 4) is 6.07 Å². The second-order valence-corrected chi connectivity index (χ2v) is 5.10. The van der Waals surface area contributed by atoms with Gasteiger partial charge in [-0.2, -0.15) is 10.4 Å². The maximum atomic E-state index is 11.5. The summed E-state index contributed by atoms with van der Waals surface area (Å²) in [6.07, 6.45) is 2.04. The van der Waals surface area contributed by atoms with Gasteiger partial charge >= 0.3 is 0 Å². The van der Waals surface area contributed by atoms with E-state index in [-0.39, 0.29) is 13.0 Å². The fourth-order valence-electron chi connectivity index (χ4n) is 1.14. The van der Waals surface area contributed by atoms with Gasteiger partial charge in [0.25, 0.3) is 0 Å². The van der Waals surface area contributed by atoms with Gasteiger partial charge in [0.05, 0.1) is 6.07 Å². The average Bonchev–Trinajstić information content (AvgIpc) is 2.71. The van der Waals surface area contributed by atoms with Gasteiger partial charge in [0.1, 0.15) is 12.2 Å². The van der Waals surface area contributed by atoms with Crippen LogP contribution < -0.4 is 4.72 Å². The molecule has 8 heteroatoms. The SMILES string of the molecule is CCC(C#N)S(=O)(=O)NCCc1ncn[nH]1. The van der Waals surface area contributed by atoms with Gasteiger partial charge in [0.2, 0.25) is 10.0 Å². The highest BCUT2D eigenvalue weighted by atomic mass is 32.2. The Morgan fingerprint density at radius 1 is 1.69 bits per heavy atom. The smallest absolute Gasteiger partial charge is 0.227 e. The standard InChI is InChI=1S/C8H13N5O2S/c1-2-7(5-9)16(14,15)12-4-3-8-10-6-11-13-8/h6-7,12H,2-4H2,1H3,(H,10,11,13). The predicted molar refractivity (Wildman–Crippen MR) is 56.7 cm³/mol.